The Morgan fingerprint density at radius 2 is 1.18 bits per heavy atom. The van der Waals surface area contributed by atoms with Crippen LogP contribution in [-0.4, -0.2) is 0 Å². The second-order valence-corrected chi connectivity index (χ2v) is 6.07. The van der Waals surface area contributed by atoms with Gasteiger partial charge in [0.1, 0.15) is 0 Å². The Hall–Kier alpha value is -2.34. The smallest absolute Gasteiger partial charge is 0.0130 e. The van der Waals surface area contributed by atoms with Crippen molar-refractivity contribution in [3.05, 3.63) is 107 Å². The number of benzene rings is 3. The highest BCUT2D eigenvalue weighted by Gasteiger charge is 2.15. The van der Waals surface area contributed by atoms with E-state index in [-0.39, 0.29) is 0 Å². The molecule has 0 saturated heterocycles. The SMILES string of the molecule is Cc1cc(C)cc(C(Cc2ccccc2)c2ccccc2)c1. The number of rotatable bonds is 4. The fourth-order valence-corrected chi connectivity index (χ4v) is 3.17. The minimum absolute atomic E-state index is 0.405. The summed E-state index contributed by atoms with van der Waals surface area (Å²) in [5.74, 6) is 0.405. The van der Waals surface area contributed by atoms with Crippen LogP contribution >= 0.6 is 0 Å². The van der Waals surface area contributed by atoms with Gasteiger partial charge in [0, 0.05) is 5.92 Å². The van der Waals surface area contributed by atoms with E-state index >= 15 is 0 Å². The Balaban J connectivity index is 2.03. The molecule has 0 bridgehead atoms. The van der Waals surface area contributed by atoms with E-state index in [4.69, 9.17) is 0 Å². The Morgan fingerprint density at radius 1 is 0.636 bits per heavy atom. The van der Waals surface area contributed by atoms with E-state index in [0.29, 0.717) is 5.92 Å². The zero-order valence-electron chi connectivity index (χ0n) is 13.3. The van der Waals surface area contributed by atoms with Crippen LogP contribution in [-0.2, 0) is 6.42 Å². The van der Waals surface area contributed by atoms with Crippen molar-refractivity contribution in [2.45, 2.75) is 26.2 Å². The molecule has 3 rings (SSSR count). The monoisotopic (exact) mass is 286 g/mol. The van der Waals surface area contributed by atoms with Gasteiger partial charge in [-0.25, -0.2) is 0 Å². The second kappa shape index (κ2) is 6.62. The highest BCUT2D eigenvalue weighted by Crippen LogP contribution is 2.29. The molecule has 0 aliphatic rings. The summed E-state index contributed by atoms with van der Waals surface area (Å²) in [4.78, 5) is 0. The first-order valence-electron chi connectivity index (χ1n) is 7.89. The fraction of sp³-hybridized carbons (Fsp3) is 0.182. The third-order valence-electron chi connectivity index (χ3n) is 4.13. The lowest BCUT2D eigenvalue weighted by Gasteiger charge is -2.19. The van der Waals surface area contributed by atoms with Gasteiger partial charge in [0.05, 0.1) is 0 Å². The first-order valence-corrected chi connectivity index (χ1v) is 7.89. The molecule has 0 aliphatic heterocycles. The molecular weight excluding hydrogens is 264 g/mol. The molecule has 22 heavy (non-hydrogen) atoms. The third-order valence-corrected chi connectivity index (χ3v) is 4.13. The largest absolute Gasteiger partial charge is 0.0622 e. The van der Waals surface area contributed by atoms with Crippen molar-refractivity contribution in [1.29, 1.82) is 0 Å². The maximum Gasteiger partial charge on any atom is 0.0130 e. The second-order valence-electron chi connectivity index (χ2n) is 6.07. The average molecular weight is 286 g/mol. The molecule has 0 aromatic heterocycles. The van der Waals surface area contributed by atoms with Crippen LogP contribution in [0.25, 0.3) is 0 Å². The van der Waals surface area contributed by atoms with Crippen LogP contribution in [0.2, 0.25) is 0 Å². The number of hydrogen-bond acceptors (Lipinski definition) is 0. The highest BCUT2D eigenvalue weighted by molar-refractivity contribution is 5.39. The lowest BCUT2D eigenvalue weighted by Crippen LogP contribution is -2.06. The molecule has 0 N–H and O–H groups in total. The topological polar surface area (TPSA) is 0 Å². The van der Waals surface area contributed by atoms with E-state index in [1.807, 2.05) is 0 Å². The van der Waals surface area contributed by atoms with Crippen molar-refractivity contribution in [1.82, 2.24) is 0 Å². The van der Waals surface area contributed by atoms with Gasteiger partial charge in [0.15, 0.2) is 0 Å². The van der Waals surface area contributed by atoms with Crippen LogP contribution in [0.4, 0.5) is 0 Å². The third kappa shape index (κ3) is 3.46. The summed E-state index contributed by atoms with van der Waals surface area (Å²) in [7, 11) is 0. The van der Waals surface area contributed by atoms with E-state index in [2.05, 4.69) is 92.7 Å². The van der Waals surface area contributed by atoms with Crippen LogP contribution in [0.15, 0.2) is 78.9 Å². The van der Waals surface area contributed by atoms with Gasteiger partial charge in [-0.1, -0.05) is 90.0 Å². The van der Waals surface area contributed by atoms with Crippen LogP contribution in [0.3, 0.4) is 0 Å². The van der Waals surface area contributed by atoms with Gasteiger partial charge in [-0.05, 0) is 37.0 Å². The van der Waals surface area contributed by atoms with Gasteiger partial charge in [-0.2, -0.15) is 0 Å². The first-order chi connectivity index (χ1) is 10.7. The fourth-order valence-electron chi connectivity index (χ4n) is 3.17. The molecule has 1 unspecified atom stereocenters. The Kier molecular flexibility index (Phi) is 4.39. The Morgan fingerprint density at radius 3 is 1.77 bits per heavy atom. The summed E-state index contributed by atoms with van der Waals surface area (Å²) >= 11 is 0. The predicted molar refractivity (Wildman–Crippen MR) is 94.3 cm³/mol. The van der Waals surface area contributed by atoms with Crippen LogP contribution in [0.1, 0.15) is 33.7 Å². The molecule has 1 atom stereocenters. The molecule has 3 aromatic rings. The van der Waals surface area contributed by atoms with Gasteiger partial charge < -0.3 is 0 Å². The molecule has 0 aliphatic carbocycles. The molecule has 0 heteroatoms. The van der Waals surface area contributed by atoms with E-state index in [9.17, 15) is 0 Å². The number of hydrogen-bond donors (Lipinski definition) is 0. The van der Waals surface area contributed by atoms with E-state index in [0.717, 1.165) is 6.42 Å². The average Bonchev–Trinajstić information content (AvgIpc) is 2.53. The van der Waals surface area contributed by atoms with Crippen molar-refractivity contribution in [3.63, 3.8) is 0 Å². The zero-order chi connectivity index (χ0) is 15.4. The van der Waals surface area contributed by atoms with Crippen molar-refractivity contribution in [2.24, 2.45) is 0 Å². The minimum Gasteiger partial charge on any atom is -0.0622 e. The first kappa shape index (κ1) is 14.6. The quantitative estimate of drug-likeness (QED) is 0.579. The molecule has 0 amide bonds. The molecule has 0 radical (unpaired) electrons. The van der Waals surface area contributed by atoms with Crippen molar-refractivity contribution in [3.8, 4) is 0 Å². The Bertz CT molecular complexity index is 706. The lowest BCUT2D eigenvalue weighted by molar-refractivity contribution is 0.803. The summed E-state index contributed by atoms with van der Waals surface area (Å²) in [6, 6.07) is 28.5. The molecular formula is C22H22. The van der Waals surface area contributed by atoms with E-state index < -0.39 is 0 Å². The van der Waals surface area contributed by atoms with Gasteiger partial charge >= 0.3 is 0 Å². The van der Waals surface area contributed by atoms with Crippen LogP contribution in [0, 0.1) is 13.8 Å². The highest BCUT2D eigenvalue weighted by atomic mass is 14.2. The maximum absolute atomic E-state index is 2.33. The molecule has 3 aromatic carbocycles. The zero-order valence-corrected chi connectivity index (χ0v) is 13.3. The minimum atomic E-state index is 0.405. The maximum atomic E-state index is 2.33. The van der Waals surface area contributed by atoms with E-state index in [1.165, 1.54) is 27.8 Å². The van der Waals surface area contributed by atoms with Crippen LogP contribution in [0.5, 0.6) is 0 Å². The standard InChI is InChI=1S/C22H22/c1-17-13-18(2)15-21(14-17)22(20-11-7-4-8-12-20)16-19-9-5-3-6-10-19/h3-15,22H,16H2,1-2H3. The van der Waals surface area contributed by atoms with E-state index in [1.54, 1.807) is 0 Å². The van der Waals surface area contributed by atoms with Gasteiger partial charge in [0.25, 0.3) is 0 Å². The molecule has 0 fully saturated rings. The van der Waals surface area contributed by atoms with Crippen molar-refractivity contribution in [2.75, 3.05) is 0 Å². The van der Waals surface area contributed by atoms with Gasteiger partial charge in [-0.3, -0.25) is 0 Å². The summed E-state index contributed by atoms with van der Waals surface area (Å²) in [6.07, 6.45) is 1.04. The van der Waals surface area contributed by atoms with Crippen molar-refractivity contribution < 1.29 is 0 Å². The lowest BCUT2D eigenvalue weighted by atomic mass is 9.85. The molecule has 0 saturated carbocycles. The van der Waals surface area contributed by atoms with Gasteiger partial charge in [0.2, 0.25) is 0 Å². The summed E-state index contributed by atoms with van der Waals surface area (Å²) < 4.78 is 0. The molecule has 0 heterocycles. The summed E-state index contributed by atoms with van der Waals surface area (Å²) in [5.41, 5.74) is 6.85. The van der Waals surface area contributed by atoms with Gasteiger partial charge in [-0.15, -0.1) is 0 Å². The summed E-state index contributed by atoms with van der Waals surface area (Å²) in [5, 5.41) is 0. The molecule has 0 nitrogen and oxygen atoms in total. The predicted octanol–water partition coefficient (Wildman–Crippen LogP) is 5.68. The van der Waals surface area contributed by atoms with Crippen molar-refractivity contribution >= 4 is 0 Å². The number of aryl methyl sites for hydroxylation is 2. The van der Waals surface area contributed by atoms with Crippen LogP contribution < -0.4 is 0 Å². The molecule has 110 valence electrons. The summed E-state index contributed by atoms with van der Waals surface area (Å²) in [6.45, 7) is 4.36. The molecule has 0 spiro atoms. The normalized spacial score (nSPS) is 12.1. The Labute approximate surface area is 133 Å².